The van der Waals surface area contributed by atoms with Gasteiger partial charge in [-0.15, -0.1) is 0 Å². The largest absolute Gasteiger partial charge is 0.395 e. The molecule has 0 atom stereocenters. The molecule has 6 nitrogen and oxygen atoms in total. The lowest BCUT2D eigenvalue weighted by Crippen LogP contribution is -2.37. The van der Waals surface area contributed by atoms with Gasteiger partial charge < -0.3 is 20.3 Å². The van der Waals surface area contributed by atoms with Crippen LogP contribution >= 0.6 is 0 Å². The van der Waals surface area contributed by atoms with Crippen LogP contribution in [-0.4, -0.2) is 45.7 Å². The zero-order valence-corrected chi connectivity index (χ0v) is 13.6. The second kappa shape index (κ2) is 8.58. The highest BCUT2D eigenvalue weighted by molar-refractivity contribution is 5.92. The standard InChI is InChI=1S/C16H22F2N4O2/c1-2-3-4-7-22(8-9-23)16(24)19-11-5-6-12-13(10-11)21-15(20-12)14(17)18/h5-6,10,14,23H,2-4,7-9H2,1H3,(H,19,24)(H,20,21). The molecule has 1 heterocycles. The first-order chi connectivity index (χ1) is 11.5. The molecule has 8 heteroatoms. The molecule has 0 fully saturated rings. The summed E-state index contributed by atoms with van der Waals surface area (Å²) in [5.41, 5.74) is 1.33. The van der Waals surface area contributed by atoms with E-state index in [4.69, 9.17) is 5.11 Å². The van der Waals surface area contributed by atoms with Crippen LogP contribution in [0.4, 0.5) is 19.3 Å². The van der Waals surface area contributed by atoms with Crippen LogP contribution < -0.4 is 5.32 Å². The van der Waals surface area contributed by atoms with E-state index in [-0.39, 0.29) is 19.2 Å². The maximum absolute atomic E-state index is 12.7. The first-order valence-electron chi connectivity index (χ1n) is 7.99. The van der Waals surface area contributed by atoms with Gasteiger partial charge in [0.1, 0.15) is 0 Å². The highest BCUT2D eigenvalue weighted by Crippen LogP contribution is 2.22. The number of H-pyrrole nitrogens is 1. The number of alkyl halides is 2. The Balaban J connectivity index is 2.07. The summed E-state index contributed by atoms with van der Waals surface area (Å²) in [6, 6.07) is 4.42. The van der Waals surface area contributed by atoms with Gasteiger partial charge >= 0.3 is 6.03 Å². The summed E-state index contributed by atoms with van der Waals surface area (Å²) >= 11 is 0. The van der Waals surface area contributed by atoms with Crippen molar-refractivity contribution < 1.29 is 18.7 Å². The lowest BCUT2D eigenvalue weighted by Gasteiger charge is -2.22. The fourth-order valence-corrected chi connectivity index (χ4v) is 2.40. The smallest absolute Gasteiger partial charge is 0.321 e. The summed E-state index contributed by atoms with van der Waals surface area (Å²) in [5.74, 6) is -0.394. The molecule has 0 aliphatic carbocycles. The molecule has 132 valence electrons. The number of nitrogens with zero attached hydrogens (tertiary/aromatic N) is 2. The number of aliphatic hydroxyl groups is 1. The van der Waals surface area contributed by atoms with Crippen molar-refractivity contribution in [2.24, 2.45) is 0 Å². The van der Waals surface area contributed by atoms with Gasteiger partial charge in [-0.2, -0.15) is 0 Å². The number of nitrogens with one attached hydrogen (secondary N) is 2. The van der Waals surface area contributed by atoms with Gasteiger partial charge in [-0.3, -0.25) is 0 Å². The number of halogens is 2. The molecule has 0 radical (unpaired) electrons. The van der Waals surface area contributed by atoms with Crippen LogP contribution in [0.5, 0.6) is 0 Å². The molecule has 3 N–H and O–H groups in total. The number of benzene rings is 1. The Morgan fingerprint density at radius 1 is 1.38 bits per heavy atom. The number of aromatic amines is 1. The number of hydrogen-bond donors (Lipinski definition) is 3. The first kappa shape index (κ1) is 18.1. The quantitative estimate of drug-likeness (QED) is 0.643. The van der Waals surface area contributed by atoms with E-state index in [2.05, 4.69) is 22.2 Å². The molecule has 0 saturated heterocycles. The van der Waals surface area contributed by atoms with Crippen LogP contribution in [0.1, 0.15) is 38.4 Å². The fraction of sp³-hybridized carbons (Fsp3) is 0.500. The van der Waals surface area contributed by atoms with Crippen molar-refractivity contribution in [3.05, 3.63) is 24.0 Å². The molecular weight excluding hydrogens is 318 g/mol. The molecule has 1 aromatic carbocycles. The summed E-state index contributed by atoms with van der Waals surface area (Å²) in [6.07, 6.45) is 0.235. The number of aromatic nitrogens is 2. The lowest BCUT2D eigenvalue weighted by molar-refractivity contribution is 0.142. The van der Waals surface area contributed by atoms with Crippen molar-refractivity contribution in [3.63, 3.8) is 0 Å². The number of carbonyl (C=O) groups excluding carboxylic acids is 1. The number of carbonyl (C=O) groups is 1. The third-order valence-corrected chi connectivity index (χ3v) is 3.65. The fourth-order valence-electron chi connectivity index (χ4n) is 2.40. The number of rotatable bonds is 8. The Morgan fingerprint density at radius 3 is 2.83 bits per heavy atom. The molecule has 1 aromatic heterocycles. The SMILES string of the molecule is CCCCCN(CCO)C(=O)Nc1ccc2nc(C(F)F)[nH]c2c1. The normalized spacial score (nSPS) is 11.2. The molecule has 0 saturated carbocycles. The van der Waals surface area contributed by atoms with Crippen molar-refractivity contribution in [2.75, 3.05) is 25.0 Å². The van der Waals surface area contributed by atoms with Crippen LogP contribution in [-0.2, 0) is 0 Å². The highest BCUT2D eigenvalue weighted by Gasteiger charge is 2.15. The van der Waals surface area contributed by atoms with E-state index in [9.17, 15) is 13.6 Å². The second-order valence-electron chi connectivity index (χ2n) is 5.50. The Labute approximate surface area is 138 Å². The monoisotopic (exact) mass is 340 g/mol. The van der Waals surface area contributed by atoms with Gasteiger partial charge in [0.2, 0.25) is 0 Å². The van der Waals surface area contributed by atoms with Gasteiger partial charge in [0.25, 0.3) is 6.43 Å². The number of hydrogen-bond acceptors (Lipinski definition) is 3. The maximum atomic E-state index is 12.7. The molecular formula is C16H22F2N4O2. The molecule has 0 bridgehead atoms. The van der Waals surface area contributed by atoms with Gasteiger partial charge in [-0.1, -0.05) is 19.8 Å². The topological polar surface area (TPSA) is 81.2 Å². The van der Waals surface area contributed by atoms with Crippen molar-refractivity contribution >= 4 is 22.8 Å². The van der Waals surface area contributed by atoms with Crippen LogP contribution in [0, 0.1) is 0 Å². The minimum absolute atomic E-state index is 0.114. The number of urea groups is 1. The average molecular weight is 340 g/mol. The molecule has 2 amide bonds. The molecule has 2 aromatic rings. The highest BCUT2D eigenvalue weighted by atomic mass is 19.3. The minimum atomic E-state index is -2.67. The van der Waals surface area contributed by atoms with E-state index >= 15 is 0 Å². The number of aliphatic hydroxyl groups excluding tert-OH is 1. The van der Waals surface area contributed by atoms with Crippen LogP contribution in [0.3, 0.4) is 0 Å². The van der Waals surface area contributed by atoms with Crippen LogP contribution in [0.15, 0.2) is 18.2 Å². The third-order valence-electron chi connectivity index (χ3n) is 3.65. The molecule has 0 aliphatic rings. The number of fused-ring (bicyclic) bond motifs is 1. The van der Waals surface area contributed by atoms with E-state index < -0.39 is 12.2 Å². The second-order valence-corrected chi connectivity index (χ2v) is 5.50. The van der Waals surface area contributed by atoms with E-state index in [0.29, 0.717) is 23.3 Å². The van der Waals surface area contributed by atoms with Gasteiger partial charge in [0, 0.05) is 18.8 Å². The van der Waals surface area contributed by atoms with E-state index in [1.807, 2.05) is 0 Å². The Morgan fingerprint density at radius 2 is 2.17 bits per heavy atom. The van der Waals surface area contributed by atoms with E-state index in [0.717, 1.165) is 19.3 Å². The number of anilines is 1. The Hall–Kier alpha value is -2.22. The summed E-state index contributed by atoms with van der Waals surface area (Å²) in [6.45, 7) is 2.76. The van der Waals surface area contributed by atoms with Gasteiger partial charge in [0.15, 0.2) is 5.82 Å². The predicted octanol–water partition coefficient (Wildman–Crippen LogP) is 3.52. The Bertz CT molecular complexity index is 675. The number of unbranched alkanes of at least 4 members (excludes halogenated alkanes) is 2. The van der Waals surface area contributed by atoms with E-state index in [1.165, 1.54) is 4.90 Å². The maximum Gasteiger partial charge on any atom is 0.321 e. The summed E-state index contributed by atoms with van der Waals surface area (Å²) in [5, 5.41) is 11.8. The van der Waals surface area contributed by atoms with Crippen LogP contribution in [0.2, 0.25) is 0 Å². The van der Waals surface area contributed by atoms with Gasteiger partial charge in [0.05, 0.1) is 17.6 Å². The molecule has 2 rings (SSSR count). The zero-order valence-electron chi connectivity index (χ0n) is 13.6. The minimum Gasteiger partial charge on any atom is -0.395 e. The van der Waals surface area contributed by atoms with Crippen molar-refractivity contribution in [1.29, 1.82) is 0 Å². The molecule has 0 unspecified atom stereocenters. The predicted molar refractivity (Wildman–Crippen MR) is 88.3 cm³/mol. The van der Waals surface area contributed by atoms with Crippen molar-refractivity contribution in [2.45, 2.75) is 32.6 Å². The average Bonchev–Trinajstić information content (AvgIpc) is 2.97. The zero-order chi connectivity index (χ0) is 17.5. The van der Waals surface area contributed by atoms with Crippen molar-refractivity contribution in [1.82, 2.24) is 14.9 Å². The van der Waals surface area contributed by atoms with Gasteiger partial charge in [-0.25, -0.2) is 18.6 Å². The summed E-state index contributed by atoms with van der Waals surface area (Å²) in [4.78, 5) is 20.2. The van der Waals surface area contributed by atoms with Gasteiger partial charge in [-0.05, 0) is 24.6 Å². The summed E-state index contributed by atoms with van der Waals surface area (Å²) < 4.78 is 25.3. The van der Waals surface area contributed by atoms with Crippen molar-refractivity contribution in [3.8, 4) is 0 Å². The first-order valence-corrected chi connectivity index (χ1v) is 7.99. The Kier molecular flexibility index (Phi) is 6.48. The molecule has 0 aliphatic heterocycles. The van der Waals surface area contributed by atoms with Crippen LogP contribution in [0.25, 0.3) is 11.0 Å². The summed E-state index contributed by atoms with van der Waals surface area (Å²) in [7, 11) is 0. The molecule has 24 heavy (non-hydrogen) atoms. The number of amides is 2. The van der Waals surface area contributed by atoms with E-state index in [1.54, 1.807) is 18.2 Å². The third kappa shape index (κ3) is 4.64. The lowest BCUT2D eigenvalue weighted by atomic mass is 10.2. The number of imidazole rings is 1. The molecule has 0 spiro atoms.